The number of rotatable bonds is 7. The predicted octanol–water partition coefficient (Wildman–Crippen LogP) is 4.54. The Morgan fingerprint density at radius 1 is 0.947 bits per heavy atom. The molecule has 1 aromatic heterocycles. The molecule has 0 unspecified atom stereocenters. The summed E-state index contributed by atoms with van der Waals surface area (Å²) in [7, 11) is 0. The third-order valence-electron chi connectivity index (χ3n) is 6.28. The first-order valence-corrected chi connectivity index (χ1v) is 12.0. The third kappa shape index (κ3) is 4.41. The van der Waals surface area contributed by atoms with Gasteiger partial charge in [-0.25, -0.2) is 9.67 Å². The van der Waals surface area contributed by atoms with Crippen LogP contribution in [-0.4, -0.2) is 45.6 Å². The number of benzene rings is 3. The number of nitrogens with one attached hydrogen (secondary N) is 1. The van der Waals surface area contributed by atoms with Crippen LogP contribution in [-0.2, 0) is 9.59 Å². The Balaban J connectivity index is 1.61. The van der Waals surface area contributed by atoms with Crippen LogP contribution in [0.15, 0.2) is 101 Å². The average Bonchev–Trinajstić information content (AvgIpc) is 3.28. The lowest BCUT2D eigenvalue weighted by Crippen LogP contribution is -2.38. The Labute approximate surface area is 218 Å². The van der Waals surface area contributed by atoms with Gasteiger partial charge in [0.25, 0.3) is 11.5 Å². The minimum absolute atomic E-state index is 0.0447. The van der Waals surface area contributed by atoms with Crippen LogP contribution in [0.2, 0.25) is 0 Å². The summed E-state index contributed by atoms with van der Waals surface area (Å²) < 4.78 is 1.39. The summed E-state index contributed by atoms with van der Waals surface area (Å²) >= 11 is 0. The Bertz CT molecular complexity index is 1600. The smallest absolute Gasteiger partial charge is 0.323 e. The molecule has 190 valence electrons. The second-order valence-corrected chi connectivity index (χ2v) is 8.65. The van der Waals surface area contributed by atoms with Gasteiger partial charge in [0, 0.05) is 17.8 Å². The molecule has 38 heavy (non-hydrogen) atoms. The van der Waals surface area contributed by atoms with Gasteiger partial charge in [0.1, 0.15) is 18.1 Å². The number of carboxylic acid groups (broad SMARTS) is 1. The molecule has 2 N–H and O–H groups in total. The second-order valence-electron chi connectivity index (χ2n) is 8.65. The largest absolute Gasteiger partial charge is 0.480 e. The van der Waals surface area contributed by atoms with Gasteiger partial charge in [-0.2, -0.15) is 0 Å². The van der Waals surface area contributed by atoms with Crippen molar-refractivity contribution in [1.82, 2.24) is 9.78 Å². The first-order valence-electron chi connectivity index (χ1n) is 12.0. The zero-order chi connectivity index (χ0) is 26.8. The molecule has 0 aliphatic carbocycles. The normalized spacial score (nSPS) is 14.0. The number of nitrogens with zero attached hydrogens (tertiary/aromatic N) is 4. The number of amides is 1. The molecular formula is C29H25N5O4. The fraction of sp³-hybridized carbons (Fsp3) is 0.103. The molecule has 9 heteroatoms. The number of aromatic amines is 1. The van der Waals surface area contributed by atoms with Crippen LogP contribution in [0.1, 0.15) is 12.5 Å². The zero-order valence-corrected chi connectivity index (χ0v) is 20.7. The molecule has 0 atom stereocenters. The Hall–Kier alpha value is -5.18. The number of aliphatic imine (C=N–C) groups is 1. The maximum atomic E-state index is 13.8. The van der Waals surface area contributed by atoms with E-state index in [4.69, 9.17) is 5.11 Å². The SMILES string of the molecule is C=C1C(=Nc2ccc(N(CC)CC(=O)O)cc2)C(=O)N(c2ccccc2)c2[nH]n(-c3ccccc3)c(=O)c21. The molecule has 0 bridgehead atoms. The van der Waals surface area contributed by atoms with E-state index in [1.165, 1.54) is 9.58 Å². The van der Waals surface area contributed by atoms with Crippen LogP contribution >= 0.6 is 0 Å². The molecule has 0 radical (unpaired) electrons. The van der Waals surface area contributed by atoms with Gasteiger partial charge in [-0.1, -0.05) is 43.0 Å². The van der Waals surface area contributed by atoms with Crippen LogP contribution in [0.5, 0.6) is 0 Å². The van der Waals surface area contributed by atoms with Gasteiger partial charge in [0.2, 0.25) is 0 Å². The molecule has 1 aliphatic heterocycles. The molecule has 9 nitrogen and oxygen atoms in total. The Kier molecular flexibility index (Phi) is 6.49. The third-order valence-corrected chi connectivity index (χ3v) is 6.28. The number of anilines is 3. The number of carboxylic acids is 1. The molecule has 3 aromatic carbocycles. The topological polar surface area (TPSA) is 111 Å². The lowest BCUT2D eigenvalue weighted by Gasteiger charge is -2.28. The minimum Gasteiger partial charge on any atom is -0.480 e. The van der Waals surface area contributed by atoms with Crippen molar-refractivity contribution in [1.29, 1.82) is 0 Å². The fourth-order valence-electron chi connectivity index (χ4n) is 4.43. The number of hydrogen-bond acceptors (Lipinski definition) is 5. The number of aliphatic carboxylic acids is 1. The van der Waals surface area contributed by atoms with E-state index in [-0.39, 0.29) is 29.0 Å². The van der Waals surface area contributed by atoms with E-state index >= 15 is 0 Å². The molecule has 1 aliphatic rings. The number of hydrogen-bond donors (Lipinski definition) is 2. The molecule has 0 saturated carbocycles. The lowest BCUT2D eigenvalue weighted by atomic mass is 9.98. The Morgan fingerprint density at radius 3 is 2.13 bits per heavy atom. The molecule has 0 fully saturated rings. The number of aromatic nitrogens is 2. The van der Waals surface area contributed by atoms with E-state index in [1.807, 2.05) is 43.3 Å². The zero-order valence-electron chi connectivity index (χ0n) is 20.7. The molecule has 0 saturated heterocycles. The van der Waals surface area contributed by atoms with Crippen LogP contribution in [0.25, 0.3) is 11.3 Å². The van der Waals surface area contributed by atoms with Crippen molar-refractivity contribution in [3.8, 4) is 5.69 Å². The van der Waals surface area contributed by atoms with Crippen molar-refractivity contribution in [2.75, 3.05) is 22.9 Å². The second kappa shape index (κ2) is 10.1. The van der Waals surface area contributed by atoms with Crippen LogP contribution in [0.3, 0.4) is 0 Å². The summed E-state index contributed by atoms with van der Waals surface area (Å²) in [5.41, 5.74) is 2.56. The number of likely N-dealkylation sites (N-methyl/N-ethyl adjacent to an activating group) is 1. The number of carbonyl (C=O) groups excluding carboxylic acids is 1. The summed E-state index contributed by atoms with van der Waals surface area (Å²) in [5.74, 6) is -1.04. The van der Waals surface area contributed by atoms with E-state index < -0.39 is 11.9 Å². The molecule has 0 spiro atoms. The summed E-state index contributed by atoms with van der Waals surface area (Å²) in [6.07, 6.45) is 0. The van der Waals surface area contributed by atoms with E-state index in [0.717, 1.165) is 5.69 Å². The number of fused-ring (bicyclic) bond motifs is 1. The van der Waals surface area contributed by atoms with E-state index in [0.29, 0.717) is 29.4 Å². The highest BCUT2D eigenvalue weighted by atomic mass is 16.4. The summed E-state index contributed by atoms with van der Waals surface area (Å²) in [5, 5.41) is 12.3. The van der Waals surface area contributed by atoms with Crippen molar-refractivity contribution < 1.29 is 14.7 Å². The molecule has 4 aromatic rings. The maximum absolute atomic E-state index is 13.8. The van der Waals surface area contributed by atoms with Gasteiger partial charge in [-0.05, 0) is 55.5 Å². The molecule has 2 heterocycles. The van der Waals surface area contributed by atoms with Gasteiger partial charge in [-0.15, -0.1) is 0 Å². The summed E-state index contributed by atoms with van der Waals surface area (Å²) in [6, 6.07) is 25.0. The van der Waals surface area contributed by atoms with Gasteiger partial charge < -0.3 is 10.0 Å². The number of para-hydroxylation sites is 2. The first kappa shape index (κ1) is 24.5. The lowest BCUT2D eigenvalue weighted by molar-refractivity contribution is -0.135. The fourth-order valence-corrected chi connectivity index (χ4v) is 4.43. The average molecular weight is 508 g/mol. The molecule has 5 rings (SSSR count). The van der Waals surface area contributed by atoms with Crippen molar-refractivity contribution in [2.24, 2.45) is 4.99 Å². The van der Waals surface area contributed by atoms with Crippen LogP contribution < -0.4 is 15.4 Å². The van der Waals surface area contributed by atoms with E-state index in [9.17, 15) is 14.4 Å². The number of H-pyrrole nitrogens is 1. The van der Waals surface area contributed by atoms with E-state index in [1.54, 1.807) is 53.4 Å². The van der Waals surface area contributed by atoms with Crippen LogP contribution in [0.4, 0.5) is 22.9 Å². The predicted molar refractivity (Wildman–Crippen MR) is 148 cm³/mol. The summed E-state index contributed by atoms with van der Waals surface area (Å²) in [4.78, 5) is 46.3. The maximum Gasteiger partial charge on any atom is 0.323 e. The van der Waals surface area contributed by atoms with Crippen molar-refractivity contribution in [3.05, 3.63) is 107 Å². The summed E-state index contributed by atoms with van der Waals surface area (Å²) in [6.45, 7) is 6.35. The highest BCUT2D eigenvalue weighted by Gasteiger charge is 2.38. The highest BCUT2D eigenvalue weighted by Crippen LogP contribution is 2.36. The van der Waals surface area contributed by atoms with Crippen molar-refractivity contribution in [3.63, 3.8) is 0 Å². The Morgan fingerprint density at radius 2 is 1.55 bits per heavy atom. The quantitative estimate of drug-likeness (QED) is 0.382. The van der Waals surface area contributed by atoms with Crippen LogP contribution in [0, 0.1) is 0 Å². The number of carbonyl (C=O) groups is 2. The van der Waals surface area contributed by atoms with Gasteiger partial charge in [-0.3, -0.25) is 24.4 Å². The van der Waals surface area contributed by atoms with Gasteiger partial charge >= 0.3 is 5.97 Å². The molecule has 1 amide bonds. The van der Waals surface area contributed by atoms with Gasteiger partial charge in [0.05, 0.1) is 22.6 Å². The first-order chi connectivity index (χ1) is 18.4. The monoisotopic (exact) mass is 507 g/mol. The van der Waals surface area contributed by atoms with Gasteiger partial charge in [0.15, 0.2) is 0 Å². The standard InChI is InChI=1S/C29H25N5O4/c1-3-32(18-24(35)36)21-16-14-20(15-17-21)30-26-19(2)25-27(33(29(26)38)22-10-6-4-7-11-22)31-34(28(25)37)23-12-8-5-9-13-23/h4-17,31H,2-3,18H2,1H3,(H,35,36). The van der Waals surface area contributed by atoms with Crippen molar-refractivity contribution in [2.45, 2.75) is 6.92 Å². The molecular weight excluding hydrogens is 482 g/mol. The van der Waals surface area contributed by atoms with E-state index in [2.05, 4.69) is 16.7 Å². The highest BCUT2D eigenvalue weighted by molar-refractivity contribution is 6.61. The minimum atomic E-state index is -0.926. The van der Waals surface area contributed by atoms with Crippen molar-refractivity contribution >= 4 is 46.0 Å².